The highest BCUT2D eigenvalue weighted by atomic mass is 19.1. The van der Waals surface area contributed by atoms with Gasteiger partial charge in [-0.25, -0.2) is 9.18 Å². The number of nitrogens with one attached hydrogen (secondary N) is 1. The Hall–Kier alpha value is -2.44. The number of halogens is 1. The van der Waals surface area contributed by atoms with Crippen molar-refractivity contribution in [2.24, 2.45) is 0 Å². The minimum absolute atomic E-state index is 0.326. The van der Waals surface area contributed by atoms with Crippen LogP contribution in [-0.4, -0.2) is 32.6 Å². The molecule has 0 aliphatic carbocycles. The van der Waals surface area contributed by atoms with E-state index in [0.717, 1.165) is 6.42 Å². The van der Waals surface area contributed by atoms with Crippen LogP contribution in [-0.2, 0) is 6.54 Å². The number of nitrogens with zero attached hydrogens (tertiary/aromatic N) is 3. The highest BCUT2D eigenvalue weighted by Gasteiger charge is 2.09. The maximum absolute atomic E-state index is 13.4. The first-order valence-corrected chi connectivity index (χ1v) is 5.77. The van der Waals surface area contributed by atoms with Crippen LogP contribution in [0.4, 0.5) is 10.1 Å². The van der Waals surface area contributed by atoms with Gasteiger partial charge in [-0.1, -0.05) is 5.21 Å². The van der Waals surface area contributed by atoms with Crippen LogP contribution in [0.15, 0.2) is 30.6 Å². The van der Waals surface area contributed by atoms with Crippen molar-refractivity contribution in [3.8, 4) is 0 Å². The summed E-state index contributed by atoms with van der Waals surface area (Å²) in [5, 5.41) is 19.2. The largest absolute Gasteiger partial charge is 0.478 e. The first kappa shape index (κ1) is 13.0. The minimum atomic E-state index is -1.27. The number of benzene rings is 1. The third-order valence-electron chi connectivity index (χ3n) is 2.56. The zero-order chi connectivity index (χ0) is 13.7. The van der Waals surface area contributed by atoms with Gasteiger partial charge in [0, 0.05) is 25.0 Å². The number of hydrogen-bond acceptors (Lipinski definition) is 4. The zero-order valence-electron chi connectivity index (χ0n) is 10.1. The number of carboxylic acids is 1. The van der Waals surface area contributed by atoms with Gasteiger partial charge >= 0.3 is 5.97 Å². The second-order valence-corrected chi connectivity index (χ2v) is 3.95. The fourth-order valence-corrected chi connectivity index (χ4v) is 1.62. The molecule has 0 amide bonds. The molecule has 6 nitrogen and oxygen atoms in total. The summed E-state index contributed by atoms with van der Waals surface area (Å²) in [6, 6.07) is 3.97. The first-order valence-electron chi connectivity index (χ1n) is 5.77. The molecule has 2 aromatic rings. The summed E-state index contributed by atoms with van der Waals surface area (Å²) in [6.45, 7) is 1.34. The molecular formula is C12H13FN4O2. The van der Waals surface area contributed by atoms with E-state index in [9.17, 15) is 9.18 Å². The Morgan fingerprint density at radius 2 is 2.32 bits per heavy atom. The van der Waals surface area contributed by atoms with E-state index in [1.807, 2.05) is 0 Å². The molecule has 0 radical (unpaired) electrons. The van der Waals surface area contributed by atoms with Crippen LogP contribution in [0.2, 0.25) is 0 Å². The number of carbonyl (C=O) groups is 1. The molecule has 2 rings (SSSR count). The number of rotatable bonds is 6. The van der Waals surface area contributed by atoms with Crippen LogP contribution in [0.3, 0.4) is 0 Å². The number of aromatic carboxylic acids is 1. The third kappa shape index (κ3) is 3.51. The van der Waals surface area contributed by atoms with Gasteiger partial charge < -0.3 is 10.4 Å². The van der Waals surface area contributed by atoms with Gasteiger partial charge in [-0.3, -0.25) is 4.68 Å². The molecule has 1 heterocycles. The molecular weight excluding hydrogens is 251 g/mol. The van der Waals surface area contributed by atoms with E-state index in [4.69, 9.17) is 5.11 Å². The normalized spacial score (nSPS) is 10.4. The quantitative estimate of drug-likeness (QED) is 0.775. The highest BCUT2D eigenvalue weighted by Crippen LogP contribution is 2.14. The predicted molar refractivity (Wildman–Crippen MR) is 66.5 cm³/mol. The maximum Gasteiger partial charge on any atom is 0.338 e. The summed E-state index contributed by atoms with van der Waals surface area (Å²) in [7, 11) is 0. The number of aromatic nitrogens is 3. The van der Waals surface area contributed by atoms with Crippen LogP contribution in [0.5, 0.6) is 0 Å². The Labute approximate surface area is 108 Å². The molecule has 2 N–H and O–H groups in total. The van der Waals surface area contributed by atoms with Gasteiger partial charge in [0.2, 0.25) is 0 Å². The van der Waals surface area contributed by atoms with Crippen LogP contribution in [0.1, 0.15) is 16.8 Å². The molecule has 0 unspecified atom stereocenters. The fourth-order valence-electron chi connectivity index (χ4n) is 1.62. The van der Waals surface area contributed by atoms with Crippen molar-refractivity contribution in [2.75, 3.05) is 11.9 Å². The Morgan fingerprint density at radius 1 is 1.47 bits per heavy atom. The van der Waals surface area contributed by atoms with Crippen molar-refractivity contribution in [3.63, 3.8) is 0 Å². The number of aryl methyl sites for hydroxylation is 1. The Bertz CT molecular complexity index is 557. The summed E-state index contributed by atoms with van der Waals surface area (Å²) >= 11 is 0. The zero-order valence-corrected chi connectivity index (χ0v) is 10.1. The number of hydrogen-bond donors (Lipinski definition) is 2. The standard InChI is InChI=1S/C12H13FN4O2/c13-11-8-9(2-3-10(11)12(18)19)14-4-1-6-17-7-5-15-16-17/h2-3,5,7-8,14H,1,4,6H2,(H,18,19). The molecule has 1 aromatic carbocycles. The fraction of sp³-hybridized carbons (Fsp3) is 0.250. The summed E-state index contributed by atoms with van der Waals surface area (Å²) in [6.07, 6.45) is 4.17. The van der Waals surface area contributed by atoms with E-state index in [0.29, 0.717) is 18.8 Å². The maximum atomic E-state index is 13.4. The summed E-state index contributed by atoms with van der Waals surface area (Å²) in [4.78, 5) is 10.6. The second-order valence-electron chi connectivity index (χ2n) is 3.95. The monoisotopic (exact) mass is 264 g/mol. The number of anilines is 1. The van der Waals surface area contributed by atoms with Crippen LogP contribution in [0, 0.1) is 5.82 Å². The van der Waals surface area contributed by atoms with Gasteiger partial charge in [0.05, 0.1) is 11.8 Å². The molecule has 0 fully saturated rings. The lowest BCUT2D eigenvalue weighted by molar-refractivity contribution is 0.0692. The lowest BCUT2D eigenvalue weighted by Gasteiger charge is -2.07. The average molecular weight is 264 g/mol. The van der Waals surface area contributed by atoms with Gasteiger partial charge in [-0.2, -0.15) is 0 Å². The Balaban J connectivity index is 1.83. The molecule has 100 valence electrons. The van der Waals surface area contributed by atoms with Gasteiger partial charge in [-0.15, -0.1) is 5.10 Å². The van der Waals surface area contributed by atoms with Gasteiger partial charge in [0.1, 0.15) is 5.82 Å². The molecule has 0 atom stereocenters. The predicted octanol–water partition coefficient (Wildman–Crippen LogP) is 1.62. The molecule has 0 spiro atoms. The third-order valence-corrected chi connectivity index (χ3v) is 2.56. The molecule has 0 saturated heterocycles. The van der Waals surface area contributed by atoms with Crippen molar-refractivity contribution in [3.05, 3.63) is 42.0 Å². The summed E-state index contributed by atoms with van der Waals surface area (Å²) in [5.41, 5.74) is 0.231. The molecule has 0 bridgehead atoms. The van der Waals surface area contributed by atoms with Crippen LogP contribution < -0.4 is 5.32 Å². The van der Waals surface area contributed by atoms with Gasteiger partial charge in [-0.05, 0) is 24.6 Å². The summed E-state index contributed by atoms with van der Waals surface area (Å²) < 4.78 is 15.1. The van der Waals surface area contributed by atoms with Crippen LogP contribution in [0.25, 0.3) is 0 Å². The first-order chi connectivity index (χ1) is 9.16. The molecule has 0 saturated carbocycles. The Morgan fingerprint density at radius 3 is 2.95 bits per heavy atom. The lowest BCUT2D eigenvalue weighted by Crippen LogP contribution is -2.08. The molecule has 1 aromatic heterocycles. The smallest absolute Gasteiger partial charge is 0.338 e. The molecule has 0 aliphatic heterocycles. The van der Waals surface area contributed by atoms with E-state index in [1.165, 1.54) is 12.1 Å². The second kappa shape index (κ2) is 5.94. The SMILES string of the molecule is O=C(O)c1ccc(NCCCn2ccnn2)cc1F. The van der Waals surface area contributed by atoms with Crippen LogP contribution >= 0.6 is 0 Å². The van der Waals surface area contributed by atoms with E-state index in [1.54, 1.807) is 23.1 Å². The molecule has 0 aliphatic rings. The van der Waals surface area contributed by atoms with E-state index in [-0.39, 0.29) is 5.56 Å². The number of carboxylic acid groups (broad SMARTS) is 1. The highest BCUT2D eigenvalue weighted by molar-refractivity contribution is 5.88. The van der Waals surface area contributed by atoms with Crippen molar-refractivity contribution < 1.29 is 14.3 Å². The van der Waals surface area contributed by atoms with E-state index >= 15 is 0 Å². The average Bonchev–Trinajstić information content (AvgIpc) is 2.87. The summed E-state index contributed by atoms with van der Waals surface area (Å²) in [5.74, 6) is -2.01. The Kier molecular flexibility index (Phi) is 4.07. The molecule has 19 heavy (non-hydrogen) atoms. The van der Waals surface area contributed by atoms with Gasteiger partial charge in [0.25, 0.3) is 0 Å². The van der Waals surface area contributed by atoms with E-state index in [2.05, 4.69) is 15.6 Å². The van der Waals surface area contributed by atoms with Crippen molar-refractivity contribution >= 4 is 11.7 Å². The topological polar surface area (TPSA) is 80.0 Å². The molecule has 7 heteroatoms. The van der Waals surface area contributed by atoms with Crippen molar-refractivity contribution in [2.45, 2.75) is 13.0 Å². The van der Waals surface area contributed by atoms with Gasteiger partial charge in [0.15, 0.2) is 0 Å². The van der Waals surface area contributed by atoms with Crippen molar-refractivity contribution in [1.82, 2.24) is 15.0 Å². The van der Waals surface area contributed by atoms with E-state index < -0.39 is 11.8 Å². The minimum Gasteiger partial charge on any atom is -0.478 e. The lowest BCUT2D eigenvalue weighted by atomic mass is 10.2. The van der Waals surface area contributed by atoms with Crippen molar-refractivity contribution in [1.29, 1.82) is 0 Å².